The lowest BCUT2D eigenvalue weighted by atomic mass is 10.1. The van der Waals surface area contributed by atoms with Gasteiger partial charge >= 0.3 is 0 Å². The van der Waals surface area contributed by atoms with E-state index in [1.54, 1.807) is 12.1 Å². The van der Waals surface area contributed by atoms with Crippen LogP contribution < -0.4 is 5.32 Å². The summed E-state index contributed by atoms with van der Waals surface area (Å²) in [5, 5.41) is 14.0. The standard InChI is InChI=1S/C15H15BrN2O2/c1-10-3-8-14(16)15(9-10)17-11(2)12-4-6-13(7-5-12)18(19)20/h3-9,11,17H,1-2H3. The minimum Gasteiger partial charge on any atom is -0.378 e. The number of nitro groups is 1. The fourth-order valence-electron chi connectivity index (χ4n) is 1.95. The zero-order valence-electron chi connectivity index (χ0n) is 11.3. The SMILES string of the molecule is Cc1ccc(Br)c(NC(C)c2ccc([N+](=O)[O-])cc2)c1. The average molecular weight is 335 g/mol. The van der Waals surface area contributed by atoms with Gasteiger partial charge in [0, 0.05) is 28.3 Å². The third-order valence-electron chi connectivity index (χ3n) is 3.10. The number of anilines is 1. The van der Waals surface area contributed by atoms with Gasteiger partial charge in [0.05, 0.1) is 4.92 Å². The second-order valence-corrected chi connectivity index (χ2v) is 5.55. The Labute approximate surface area is 126 Å². The van der Waals surface area contributed by atoms with Crippen LogP contribution in [0.4, 0.5) is 11.4 Å². The number of non-ortho nitro benzene ring substituents is 1. The molecule has 5 heteroatoms. The molecular weight excluding hydrogens is 320 g/mol. The van der Waals surface area contributed by atoms with Crippen LogP contribution in [0, 0.1) is 17.0 Å². The lowest BCUT2D eigenvalue weighted by Crippen LogP contribution is -2.07. The summed E-state index contributed by atoms with van der Waals surface area (Å²) < 4.78 is 0.997. The largest absolute Gasteiger partial charge is 0.378 e. The predicted octanol–water partition coefficient (Wildman–Crippen LogP) is 4.84. The third-order valence-corrected chi connectivity index (χ3v) is 3.79. The van der Waals surface area contributed by atoms with Crippen molar-refractivity contribution in [1.29, 1.82) is 0 Å². The summed E-state index contributed by atoms with van der Waals surface area (Å²) in [5.74, 6) is 0. The van der Waals surface area contributed by atoms with E-state index in [4.69, 9.17) is 0 Å². The molecule has 1 atom stereocenters. The molecule has 0 aliphatic heterocycles. The van der Waals surface area contributed by atoms with E-state index < -0.39 is 0 Å². The summed E-state index contributed by atoms with van der Waals surface area (Å²) in [7, 11) is 0. The molecule has 0 heterocycles. The second-order valence-electron chi connectivity index (χ2n) is 4.70. The maximum Gasteiger partial charge on any atom is 0.269 e. The molecule has 0 bridgehead atoms. The highest BCUT2D eigenvalue weighted by molar-refractivity contribution is 9.10. The summed E-state index contributed by atoms with van der Waals surface area (Å²) in [4.78, 5) is 10.2. The van der Waals surface area contributed by atoms with Crippen LogP contribution >= 0.6 is 15.9 Å². The Morgan fingerprint density at radius 1 is 1.20 bits per heavy atom. The summed E-state index contributed by atoms with van der Waals surface area (Å²) >= 11 is 3.51. The summed E-state index contributed by atoms with van der Waals surface area (Å²) in [5.41, 5.74) is 3.30. The molecule has 0 aliphatic carbocycles. The van der Waals surface area contributed by atoms with Crippen LogP contribution in [0.15, 0.2) is 46.9 Å². The molecule has 104 valence electrons. The molecule has 4 nitrogen and oxygen atoms in total. The van der Waals surface area contributed by atoms with Gasteiger partial charge in [0.1, 0.15) is 0 Å². The number of nitrogens with one attached hydrogen (secondary N) is 1. The Hall–Kier alpha value is -1.88. The monoisotopic (exact) mass is 334 g/mol. The van der Waals surface area contributed by atoms with Gasteiger partial charge < -0.3 is 5.32 Å². The minimum absolute atomic E-state index is 0.0638. The molecule has 2 aromatic rings. The van der Waals surface area contributed by atoms with Gasteiger partial charge in [-0.1, -0.05) is 18.2 Å². The molecule has 0 amide bonds. The van der Waals surface area contributed by atoms with Gasteiger partial charge in [-0.25, -0.2) is 0 Å². The number of nitro benzene ring substituents is 1. The number of aryl methyl sites for hydroxylation is 1. The van der Waals surface area contributed by atoms with E-state index in [0.717, 1.165) is 15.7 Å². The normalized spacial score (nSPS) is 11.9. The van der Waals surface area contributed by atoms with Gasteiger partial charge in [-0.3, -0.25) is 10.1 Å². The molecule has 0 spiro atoms. The van der Waals surface area contributed by atoms with E-state index >= 15 is 0 Å². The van der Waals surface area contributed by atoms with Gasteiger partial charge in [0.15, 0.2) is 0 Å². The highest BCUT2D eigenvalue weighted by Gasteiger charge is 2.10. The van der Waals surface area contributed by atoms with E-state index in [1.807, 2.05) is 26.0 Å². The molecule has 0 fully saturated rings. The number of halogens is 1. The molecule has 0 saturated heterocycles. The molecule has 0 aliphatic rings. The molecule has 1 unspecified atom stereocenters. The van der Waals surface area contributed by atoms with Crippen molar-refractivity contribution in [3.8, 4) is 0 Å². The van der Waals surface area contributed by atoms with Gasteiger partial charge in [-0.2, -0.15) is 0 Å². The maximum absolute atomic E-state index is 10.6. The first-order chi connectivity index (χ1) is 9.47. The van der Waals surface area contributed by atoms with Crippen molar-refractivity contribution in [3.63, 3.8) is 0 Å². The van der Waals surface area contributed by atoms with Crippen LogP contribution in [-0.2, 0) is 0 Å². The van der Waals surface area contributed by atoms with Crippen molar-refractivity contribution in [1.82, 2.24) is 0 Å². The first-order valence-corrected chi connectivity index (χ1v) is 7.03. The Morgan fingerprint density at radius 3 is 2.45 bits per heavy atom. The van der Waals surface area contributed by atoms with Crippen molar-refractivity contribution >= 4 is 27.3 Å². The van der Waals surface area contributed by atoms with Gasteiger partial charge in [0.2, 0.25) is 0 Å². The van der Waals surface area contributed by atoms with E-state index in [2.05, 4.69) is 27.3 Å². The van der Waals surface area contributed by atoms with Crippen LogP contribution in [-0.4, -0.2) is 4.92 Å². The first-order valence-electron chi connectivity index (χ1n) is 6.24. The summed E-state index contributed by atoms with van der Waals surface area (Å²) in [6, 6.07) is 12.8. The lowest BCUT2D eigenvalue weighted by Gasteiger charge is -2.17. The number of benzene rings is 2. The van der Waals surface area contributed by atoms with Gasteiger partial charge in [-0.15, -0.1) is 0 Å². The Bertz CT molecular complexity index is 626. The number of hydrogen-bond donors (Lipinski definition) is 1. The molecule has 0 saturated carbocycles. The fourth-order valence-corrected chi connectivity index (χ4v) is 2.31. The van der Waals surface area contributed by atoms with Crippen molar-refractivity contribution < 1.29 is 4.92 Å². The Kier molecular flexibility index (Phi) is 4.39. The topological polar surface area (TPSA) is 55.2 Å². The molecule has 0 radical (unpaired) electrons. The van der Waals surface area contributed by atoms with E-state index in [0.29, 0.717) is 0 Å². The number of hydrogen-bond acceptors (Lipinski definition) is 3. The molecule has 20 heavy (non-hydrogen) atoms. The summed E-state index contributed by atoms with van der Waals surface area (Å²) in [6.07, 6.45) is 0. The summed E-state index contributed by atoms with van der Waals surface area (Å²) in [6.45, 7) is 4.06. The molecule has 2 rings (SSSR count). The lowest BCUT2D eigenvalue weighted by molar-refractivity contribution is -0.384. The molecule has 2 aromatic carbocycles. The molecular formula is C15H15BrN2O2. The Morgan fingerprint density at radius 2 is 1.85 bits per heavy atom. The Balaban J connectivity index is 2.17. The zero-order valence-corrected chi connectivity index (χ0v) is 12.8. The average Bonchev–Trinajstić information content (AvgIpc) is 2.43. The van der Waals surface area contributed by atoms with E-state index in [1.165, 1.54) is 17.7 Å². The van der Waals surface area contributed by atoms with Crippen LogP contribution in [0.25, 0.3) is 0 Å². The van der Waals surface area contributed by atoms with Crippen molar-refractivity contribution in [2.24, 2.45) is 0 Å². The van der Waals surface area contributed by atoms with E-state index in [9.17, 15) is 10.1 Å². The maximum atomic E-state index is 10.6. The zero-order chi connectivity index (χ0) is 14.7. The highest BCUT2D eigenvalue weighted by Crippen LogP contribution is 2.28. The third kappa shape index (κ3) is 3.36. The van der Waals surface area contributed by atoms with Crippen molar-refractivity contribution in [2.45, 2.75) is 19.9 Å². The van der Waals surface area contributed by atoms with Crippen molar-refractivity contribution in [2.75, 3.05) is 5.32 Å². The second kappa shape index (κ2) is 6.05. The van der Waals surface area contributed by atoms with Crippen molar-refractivity contribution in [3.05, 3.63) is 68.2 Å². The molecule has 1 N–H and O–H groups in total. The smallest absolute Gasteiger partial charge is 0.269 e. The predicted molar refractivity (Wildman–Crippen MR) is 84.0 cm³/mol. The van der Waals surface area contributed by atoms with Crippen LogP contribution in [0.2, 0.25) is 0 Å². The van der Waals surface area contributed by atoms with Crippen LogP contribution in [0.5, 0.6) is 0 Å². The van der Waals surface area contributed by atoms with Crippen LogP contribution in [0.3, 0.4) is 0 Å². The number of nitrogens with zero attached hydrogens (tertiary/aromatic N) is 1. The van der Waals surface area contributed by atoms with Crippen LogP contribution in [0.1, 0.15) is 24.1 Å². The van der Waals surface area contributed by atoms with Gasteiger partial charge in [0.25, 0.3) is 5.69 Å². The highest BCUT2D eigenvalue weighted by atomic mass is 79.9. The molecule has 0 aromatic heterocycles. The van der Waals surface area contributed by atoms with Gasteiger partial charge in [-0.05, 0) is 53.0 Å². The van der Waals surface area contributed by atoms with E-state index in [-0.39, 0.29) is 16.7 Å². The first kappa shape index (κ1) is 14.5. The number of rotatable bonds is 4. The fraction of sp³-hybridized carbons (Fsp3) is 0.200. The minimum atomic E-state index is -0.390. The quantitative estimate of drug-likeness (QED) is 0.642.